The smallest absolute Gasteiger partial charge is 0.221 e. The van der Waals surface area contributed by atoms with E-state index in [2.05, 4.69) is 20.9 Å². The first-order valence-corrected chi connectivity index (χ1v) is 6.46. The number of methoxy groups -OCH3 is 1. The summed E-state index contributed by atoms with van der Waals surface area (Å²) in [5.41, 5.74) is 0. The second-order valence-corrected chi connectivity index (χ2v) is 3.96. The van der Waals surface area contributed by atoms with E-state index in [9.17, 15) is 4.79 Å². The molecule has 6 heteroatoms. The van der Waals surface area contributed by atoms with Crippen molar-refractivity contribution in [1.29, 1.82) is 0 Å². The van der Waals surface area contributed by atoms with Crippen LogP contribution in [0.25, 0.3) is 0 Å². The Kier molecular flexibility index (Phi) is 7.34. The van der Waals surface area contributed by atoms with Crippen molar-refractivity contribution in [3.63, 3.8) is 0 Å². The molecule has 0 bridgehead atoms. The molecule has 1 heterocycles. The molecule has 0 aliphatic heterocycles. The molecule has 3 N–H and O–H groups in total. The van der Waals surface area contributed by atoms with Crippen molar-refractivity contribution in [1.82, 2.24) is 10.3 Å². The predicted octanol–water partition coefficient (Wildman–Crippen LogP) is 1.08. The fourth-order valence-corrected chi connectivity index (χ4v) is 1.50. The molecule has 0 fully saturated rings. The van der Waals surface area contributed by atoms with Crippen LogP contribution in [-0.2, 0) is 9.53 Å². The zero-order valence-corrected chi connectivity index (χ0v) is 11.5. The number of hydrogen-bond donors (Lipinski definition) is 3. The maximum atomic E-state index is 11.4. The second kappa shape index (κ2) is 9.16. The van der Waals surface area contributed by atoms with Gasteiger partial charge >= 0.3 is 0 Å². The number of pyridine rings is 1. The van der Waals surface area contributed by atoms with Crippen LogP contribution in [0.5, 0.6) is 0 Å². The van der Waals surface area contributed by atoms with Crippen molar-refractivity contribution >= 4 is 17.5 Å². The molecule has 1 rings (SSSR count). The molecule has 0 spiro atoms. The molecule has 19 heavy (non-hydrogen) atoms. The molecule has 6 nitrogen and oxygen atoms in total. The molecular formula is C13H22N4O2. The van der Waals surface area contributed by atoms with Gasteiger partial charge in [-0.1, -0.05) is 6.07 Å². The Morgan fingerprint density at radius 1 is 1.26 bits per heavy atom. The summed E-state index contributed by atoms with van der Waals surface area (Å²) in [6.07, 6.45) is 0.414. The van der Waals surface area contributed by atoms with Gasteiger partial charge in [-0.25, -0.2) is 4.98 Å². The van der Waals surface area contributed by atoms with Crippen LogP contribution in [0.1, 0.15) is 13.3 Å². The highest BCUT2D eigenvalue weighted by atomic mass is 16.5. The molecule has 1 amide bonds. The van der Waals surface area contributed by atoms with Gasteiger partial charge in [0.1, 0.15) is 11.6 Å². The molecule has 0 aromatic carbocycles. The van der Waals surface area contributed by atoms with Gasteiger partial charge in [-0.15, -0.1) is 0 Å². The van der Waals surface area contributed by atoms with Crippen molar-refractivity contribution < 1.29 is 9.53 Å². The minimum absolute atomic E-state index is 0.00684. The third-order valence-electron chi connectivity index (χ3n) is 2.39. The molecule has 0 saturated heterocycles. The Morgan fingerprint density at radius 3 is 2.68 bits per heavy atom. The lowest BCUT2D eigenvalue weighted by molar-refractivity contribution is -0.121. The van der Waals surface area contributed by atoms with Crippen molar-refractivity contribution in [3.8, 4) is 0 Å². The normalized spacial score (nSPS) is 10.0. The number of carbonyl (C=O) groups excluding carboxylic acids is 1. The van der Waals surface area contributed by atoms with Gasteiger partial charge in [0.25, 0.3) is 0 Å². The number of nitrogens with zero attached hydrogens (tertiary/aromatic N) is 1. The number of amides is 1. The van der Waals surface area contributed by atoms with E-state index in [4.69, 9.17) is 4.74 Å². The van der Waals surface area contributed by atoms with Crippen LogP contribution in [0.2, 0.25) is 0 Å². The summed E-state index contributed by atoms with van der Waals surface area (Å²) in [5, 5.41) is 9.02. The molecule has 0 unspecified atom stereocenters. The van der Waals surface area contributed by atoms with E-state index in [1.54, 1.807) is 7.11 Å². The number of ether oxygens (including phenoxy) is 1. The summed E-state index contributed by atoms with van der Waals surface area (Å²) < 4.78 is 4.85. The second-order valence-electron chi connectivity index (χ2n) is 3.96. The highest BCUT2D eigenvalue weighted by molar-refractivity contribution is 5.76. The largest absolute Gasteiger partial charge is 0.383 e. The van der Waals surface area contributed by atoms with Gasteiger partial charge < -0.3 is 20.7 Å². The lowest BCUT2D eigenvalue weighted by Gasteiger charge is -2.08. The van der Waals surface area contributed by atoms with E-state index in [0.29, 0.717) is 26.1 Å². The summed E-state index contributed by atoms with van der Waals surface area (Å²) in [7, 11) is 1.61. The molecule has 0 saturated carbocycles. The standard InChI is InChI=1S/C13H22N4O2/c1-3-14-11-5-4-6-12(17-11)15-8-7-13(18)16-9-10-19-2/h4-6H,3,7-10H2,1-2H3,(H,16,18)(H2,14,15,17). The summed E-state index contributed by atoms with van der Waals surface area (Å²) in [6.45, 7) is 4.49. The Labute approximate surface area is 113 Å². The molecule has 0 atom stereocenters. The van der Waals surface area contributed by atoms with Crippen LogP contribution in [0.3, 0.4) is 0 Å². The quantitative estimate of drug-likeness (QED) is 0.583. The van der Waals surface area contributed by atoms with Gasteiger partial charge in [-0.3, -0.25) is 4.79 Å². The van der Waals surface area contributed by atoms with Gasteiger partial charge in [0.2, 0.25) is 5.91 Å². The van der Waals surface area contributed by atoms with Gasteiger partial charge in [-0.05, 0) is 19.1 Å². The fraction of sp³-hybridized carbons (Fsp3) is 0.538. The van der Waals surface area contributed by atoms with Crippen LogP contribution in [0.4, 0.5) is 11.6 Å². The number of carbonyl (C=O) groups is 1. The van der Waals surface area contributed by atoms with E-state index in [1.165, 1.54) is 0 Å². The third-order valence-corrected chi connectivity index (χ3v) is 2.39. The van der Waals surface area contributed by atoms with Gasteiger partial charge in [0, 0.05) is 33.2 Å². The molecule has 1 aromatic heterocycles. The maximum absolute atomic E-state index is 11.4. The lowest BCUT2D eigenvalue weighted by atomic mass is 10.3. The first-order valence-electron chi connectivity index (χ1n) is 6.46. The molecule has 106 valence electrons. The predicted molar refractivity (Wildman–Crippen MR) is 76.4 cm³/mol. The van der Waals surface area contributed by atoms with Crippen molar-refractivity contribution in [3.05, 3.63) is 18.2 Å². The summed E-state index contributed by atoms with van der Waals surface area (Å²) >= 11 is 0. The van der Waals surface area contributed by atoms with Crippen molar-refractivity contribution in [2.24, 2.45) is 0 Å². The van der Waals surface area contributed by atoms with Crippen molar-refractivity contribution in [2.75, 3.05) is 44.0 Å². The maximum Gasteiger partial charge on any atom is 0.221 e. The zero-order valence-electron chi connectivity index (χ0n) is 11.5. The zero-order chi connectivity index (χ0) is 13.9. The van der Waals surface area contributed by atoms with E-state index >= 15 is 0 Å². The monoisotopic (exact) mass is 266 g/mol. The average Bonchev–Trinajstić information content (AvgIpc) is 2.40. The average molecular weight is 266 g/mol. The Bertz CT molecular complexity index is 385. The first-order chi connectivity index (χ1) is 9.26. The molecular weight excluding hydrogens is 244 g/mol. The highest BCUT2D eigenvalue weighted by Crippen LogP contribution is 2.08. The number of rotatable bonds is 9. The van der Waals surface area contributed by atoms with E-state index in [-0.39, 0.29) is 5.91 Å². The molecule has 0 aliphatic carbocycles. The van der Waals surface area contributed by atoms with Crippen molar-refractivity contribution in [2.45, 2.75) is 13.3 Å². The Hall–Kier alpha value is -1.82. The minimum Gasteiger partial charge on any atom is -0.383 e. The van der Waals surface area contributed by atoms with Gasteiger partial charge in [-0.2, -0.15) is 0 Å². The molecule has 0 aliphatic rings. The number of nitrogens with one attached hydrogen (secondary N) is 3. The highest BCUT2D eigenvalue weighted by Gasteiger charge is 2.01. The van der Waals surface area contributed by atoms with Crippen LogP contribution >= 0.6 is 0 Å². The van der Waals surface area contributed by atoms with Gasteiger partial charge in [0.05, 0.1) is 6.61 Å². The van der Waals surface area contributed by atoms with Crippen LogP contribution in [-0.4, -0.2) is 44.2 Å². The number of aromatic nitrogens is 1. The Morgan fingerprint density at radius 2 is 2.00 bits per heavy atom. The van der Waals surface area contributed by atoms with E-state index < -0.39 is 0 Å². The van der Waals surface area contributed by atoms with Crippen LogP contribution < -0.4 is 16.0 Å². The molecule has 0 radical (unpaired) electrons. The van der Waals surface area contributed by atoms with Crippen LogP contribution in [0.15, 0.2) is 18.2 Å². The SMILES string of the molecule is CCNc1cccc(NCCC(=O)NCCOC)n1. The van der Waals surface area contributed by atoms with E-state index in [0.717, 1.165) is 18.2 Å². The minimum atomic E-state index is 0.00684. The topological polar surface area (TPSA) is 75.3 Å². The summed E-state index contributed by atoms with van der Waals surface area (Å²) in [6, 6.07) is 5.71. The summed E-state index contributed by atoms with van der Waals surface area (Å²) in [4.78, 5) is 15.8. The Balaban J connectivity index is 2.24. The summed E-state index contributed by atoms with van der Waals surface area (Å²) in [5.74, 6) is 1.60. The third kappa shape index (κ3) is 6.61. The molecule has 1 aromatic rings. The number of hydrogen-bond acceptors (Lipinski definition) is 5. The van der Waals surface area contributed by atoms with E-state index in [1.807, 2.05) is 25.1 Å². The fourth-order valence-electron chi connectivity index (χ4n) is 1.50. The van der Waals surface area contributed by atoms with Crippen LogP contribution in [0, 0.1) is 0 Å². The lowest BCUT2D eigenvalue weighted by Crippen LogP contribution is -2.28. The van der Waals surface area contributed by atoms with Gasteiger partial charge in [0.15, 0.2) is 0 Å². The first kappa shape index (κ1) is 15.2. The number of anilines is 2.